The molecule has 32 heavy (non-hydrogen) atoms. The van der Waals surface area contributed by atoms with E-state index in [4.69, 9.17) is 0 Å². The van der Waals surface area contributed by atoms with Crippen LogP contribution in [0.2, 0.25) is 0 Å². The van der Waals surface area contributed by atoms with Gasteiger partial charge in [0.05, 0.1) is 11.4 Å². The van der Waals surface area contributed by atoms with Crippen LogP contribution >= 0.6 is 0 Å². The molecule has 0 unspecified atom stereocenters. The fraction of sp³-hybridized carbons (Fsp3) is 0.458. The Morgan fingerprint density at radius 2 is 1.72 bits per heavy atom. The van der Waals surface area contributed by atoms with E-state index in [1.807, 2.05) is 0 Å². The Balaban J connectivity index is 1.31. The third kappa shape index (κ3) is 4.24. The number of piperidine rings is 1. The molecular formula is C24H26F2N4O2. The maximum atomic E-state index is 15.0. The highest BCUT2D eigenvalue weighted by Crippen LogP contribution is 2.31. The molecule has 3 amide bonds. The van der Waals surface area contributed by atoms with Gasteiger partial charge in [0, 0.05) is 24.7 Å². The number of amides is 3. The van der Waals surface area contributed by atoms with E-state index in [1.54, 1.807) is 12.1 Å². The molecule has 0 radical (unpaired) electrons. The standard InChI is InChI=1S/C24H26F2N4O2/c25-19-8-9-21(27-22(19)14-28-10-2-1-3-11-28)18-7-4-16(12-20(18)26)13-29-15-23(31)30(24(29)32)17-5-6-17/h4,7-9,12,17H,1-3,5-6,10-11,13-15H2. The fourth-order valence-electron chi connectivity index (χ4n) is 4.54. The molecule has 2 aromatic rings. The van der Waals surface area contributed by atoms with Gasteiger partial charge in [-0.05, 0) is 68.6 Å². The SMILES string of the molecule is O=C1CN(Cc2ccc(-c3ccc(F)c(CN4CCCCC4)n3)c(F)c2)C(=O)N1C1CC1. The van der Waals surface area contributed by atoms with Gasteiger partial charge in [0.25, 0.3) is 5.91 Å². The van der Waals surface area contributed by atoms with Gasteiger partial charge in [0.1, 0.15) is 18.2 Å². The van der Waals surface area contributed by atoms with Gasteiger partial charge in [-0.25, -0.2) is 18.6 Å². The van der Waals surface area contributed by atoms with Crippen LogP contribution in [0.5, 0.6) is 0 Å². The topological polar surface area (TPSA) is 56.8 Å². The largest absolute Gasteiger partial charge is 0.327 e. The van der Waals surface area contributed by atoms with Crippen molar-refractivity contribution in [2.75, 3.05) is 19.6 Å². The van der Waals surface area contributed by atoms with Crippen LogP contribution in [0.25, 0.3) is 11.3 Å². The van der Waals surface area contributed by atoms with Crippen molar-refractivity contribution in [3.8, 4) is 11.3 Å². The number of imide groups is 1. The number of aromatic nitrogens is 1. The molecule has 1 aromatic carbocycles. The lowest BCUT2D eigenvalue weighted by Crippen LogP contribution is -2.34. The Labute approximate surface area is 185 Å². The summed E-state index contributed by atoms with van der Waals surface area (Å²) >= 11 is 0. The van der Waals surface area contributed by atoms with Crippen LogP contribution in [0.4, 0.5) is 13.6 Å². The Morgan fingerprint density at radius 3 is 2.44 bits per heavy atom. The van der Waals surface area contributed by atoms with Crippen LogP contribution < -0.4 is 0 Å². The number of likely N-dealkylation sites (tertiary alicyclic amines) is 1. The molecule has 0 atom stereocenters. The summed E-state index contributed by atoms with van der Waals surface area (Å²) in [5.74, 6) is -1.05. The van der Waals surface area contributed by atoms with Gasteiger partial charge in [-0.1, -0.05) is 12.5 Å². The lowest BCUT2D eigenvalue weighted by atomic mass is 10.1. The van der Waals surface area contributed by atoms with E-state index in [0.717, 1.165) is 38.8 Å². The Kier molecular flexibility index (Phi) is 5.63. The molecule has 0 bridgehead atoms. The second-order valence-electron chi connectivity index (χ2n) is 8.91. The molecule has 6 nitrogen and oxygen atoms in total. The van der Waals surface area contributed by atoms with E-state index in [0.29, 0.717) is 23.5 Å². The minimum absolute atomic E-state index is 0.0259. The molecule has 1 aromatic heterocycles. The highest BCUT2D eigenvalue weighted by Gasteiger charge is 2.44. The Morgan fingerprint density at radius 1 is 0.938 bits per heavy atom. The smallest absolute Gasteiger partial charge is 0.311 e. The van der Waals surface area contributed by atoms with Crippen LogP contribution in [0.15, 0.2) is 30.3 Å². The van der Waals surface area contributed by atoms with Gasteiger partial charge in [-0.15, -0.1) is 0 Å². The Hall–Kier alpha value is -2.87. The summed E-state index contributed by atoms with van der Waals surface area (Å²) in [6, 6.07) is 7.26. The van der Waals surface area contributed by atoms with Crippen molar-refractivity contribution in [1.82, 2.24) is 19.7 Å². The number of urea groups is 1. The van der Waals surface area contributed by atoms with Gasteiger partial charge in [0.2, 0.25) is 0 Å². The normalized spacial score (nSPS) is 19.8. The quantitative estimate of drug-likeness (QED) is 0.639. The van der Waals surface area contributed by atoms with Crippen molar-refractivity contribution in [2.45, 2.75) is 51.2 Å². The number of carbonyl (C=O) groups is 2. The molecule has 5 rings (SSSR count). The number of carbonyl (C=O) groups excluding carboxylic acids is 2. The Bertz CT molecular complexity index is 1050. The molecule has 3 heterocycles. The fourth-order valence-corrected chi connectivity index (χ4v) is 4.54. The predicted octanol–water partition coefficient (Wildman–Crippen LogP) is 3.94. The first-order valence-corrected chi connectivity index (χ1v) is 11.3. The van der Waals surface area contributed by atoms with Crippen molar-refractivity contribution >= 4 is 11.9 Å². The van der Waals surface area contributed by atoms with Gasteiger partial charge in [-0.3, -0.25) is 14.6 Å². The minimum atomic E-state index is -0.484. The molecule has 2 saturated heterocycles. The van der Waals surface area contributed by atoms with Gasteiger partial charge in [0.15, 0.2) is 0 Å². The summed E-state index contributed by atoms with van der Waals surface area (Å²) in [6.07, 6.45) is 5.11. The maximum absolute atomic E-state index is 15.0. The van der Waals surface area contributed by atoms with Crippen LogP contribution in [-0.4, -0.2) is 57.3 Å². The molecule has 0 N–H and O–H groups in total. The zero-order valence-corrected chi connectivity index (χ0v) is 17.9. The van der Waals surface area contributed by atoms with E-state index in [-0.39, 0.29) is 42.5 Å². The number of nitrogens with zero attached hydrogens (tertiary/aromatic N) is 4. The van der Waals surface area contributed by atoms with E-state index in [2.05, 4.69) is 9.88 Å². The van der Waals surface area contributed by atoms with Crippen LogP contribution in [-0.2, 0) is 17.9 Å². The summed E-state index contributed by atoms with van der Waals surface area (Å²) in [6.45, 7) is 2.46. The third-order valence-corrected chi connectivity index (χ3v) is 6.41. The van der Waals surface area contributed by atoms with Crippen molar-refractivity contribution in [1.29, 1.82) is 0 Å². The number of hydrogen-bond donors (Lipinski definition) is 0. The summed E-state index contributed by atoms with van der Waals surface area (Å²) < 4.78 is 29.3. The highest BCUT2D eigenvalue weighted by molar-refractivity contribution is 6.02. The highest BCUT2D eigenvalue weighted by atomic mass is 19.1. The summed E-state index contributed by atoms with van der Waals surface area (Å²) in [5, 5.41) is 0. The number of rotatable bonds is 6. The van der Waals surface area contributed by atoms with Crippen molar-refractivity contribution < 1.29 is 18.4 Å². The van der Waals surface area contributed by atoms with Crippen molar-refractivity contribution in [3.63, 3.8) is 0 Å². The first kappa shape index (κ1) is 21.0. The summed E-state index contributed by atoms with van der Waals surface area (Å²) in [5.41, 5.74) is 1.60. The van der Waals surface area contributed by atoms with Crippen molar-refractivity contribution in [3.05, 3.63) is 53.2 Å². The van der Waals surface area contributed by atoms with E-state index in [9.17, 15) is 18.4 Å². The molecule has 0 spiro atoms. The maximum Gasteiger partial charge on any atom is 0.327 e. The zero-order chi connectivity index (χ0) is 22.2. The molecule has 168 valence electrons. The summed E-state index contributed by atoms with van der Waals surface area (Å²) in [7, 11) is 0. The second kappa shape index (κ2) is 8.58. The van der Waals surface area contributed by atoms with Gasteiger partial charge >= 0.3 is 6.03 Å². The number of benzene rings is 1. The minimum Gasteiger partial charge on any atom is -0.311 e. The molecule has 3 fully saturated rings. The van der Waals surface area contributed by atoms with Gasteiger partial charge in [-0.2, -0.15) is 0 Å². The molecular weight excluding hydrogens is 414 g/mol. The van der Waals surface area contributed by atoms with Crippen LogP contribution in [0, 0.1) is 11.6 Å². The lowest BCUT2D eigenvalue weighted by molar-refractivity contribution is -0.125. The molecule has 1 saturated carbocycles. The van der Waals surface area contributed by atoms with Crippen LogP contribution in [0.3, 0.4) is 0 Å². The number of hydrogen-bond acceptors (Lipinski definition) is 4. The molecule has 8 heteroatoms. The number of halogens is 2. The van der Waals surface area contributed by atoms with Gasteiger partial charge < -0.3 is 4.90 Å². The first-order valence-electron chi connectivity index (χ1n) is 11.3. The third-order valence-electron chi connectivity index (χ3n) is 6.41. The predicted molar refractivity (Wildman–Crippen MR) is 114 cm³/mol. The van der Waals surface area contributed by atoms with E-state index >= 15 is 0 Å². The first-order chi connectivity index (χ1) is 15.5. The van der Waals surface area contributed by atoms with E-state index < -0.39 is 5.82 Å². The average molecular weight is 440 g/mol. The summed E-state index contributed by atoms with van der Waals surface area (Å²) in [4.78, 5) is 34.0. The second-order valence-corrected chi connectivity index (χ2v) is 8.91. The average Bonchev–Trinajstić information content (AvgIpc) is 3.57. The lowest BCUT2D eigenvalue weighted by Gasteiger charge is -2.26. The number of pyridine rings is 1. The van der Waals surface area contributed by atoms with Crippen LogP contribution in [0.1, 0.15) is 43.4 Å². The van der Waals surface area contributed by atoms with Crippen molar-refractivity contribution in [2.24, 2.45) is 0 Å². The molecule has 2 aliphatic heterocycles. The molecule has 1 aliphatic carbocycles. The zero-order valence-electron chi connectivity index (χ0n) is 17.9. The monoisotopic (exact) mass is 440 g/mol. The van der Waals surface area contributed by atoms with E-state index in [1.165, 1.54) is 34.4 Å². The molecule has 3 aliphatic rings.